The molecule has 0 heterocycles. The molecule has 0 rings (SSSR count). The first kappa shape index (κ1) is 13.5. The third-order valence-corrected chi connectivity index (χ3v) is 2.87. The van der Waals surface area contributed by atoms with Crippen LogP contribution in [0.25, 0.3) is 0 Å². The molecule has 0 saturated carbocycles. The molecule has 0 unspecified atom stereocenters. The molecule has 0 spiro atoms. The molecule has 0 radical (unpaired) electrons. The van der Waals surface area contributed by atoms with Crippen LogP contribution in [0.2, 0.25) is 0 Å². The molecule has 0 aromatic carbocycles. The third kappa shape index (κ3) is 6.04. The van der Waals surface area contributed by atoms with Crippen molar-refractivity contribution < 1.29 is 21.4 Å². The highest BCUT2D eigenvalue weighted by molar-refractivity contribution is 7.86. The standard InChI is InChI=1S/C8H14F2O3S/c1-3-14(11,12)13-6-4-5-7(2)8(9)10/h3-6H2,1-2H3. The molecule has 0 bridgehead atoms. The molecule has 0 amide bonds. The third-order valence-electron chi connectivity index (χ3n) is 1.64. The topological polar surface area (TPSA) is 43.4 Å². The van der Waals surface area contributed by atoms with Crippen LogP contribution >= 0.6 is 0 Å². The van der Waals surface area contributed by atoms with Crippen molar-refractivity contribution in [3.63, 3.8) is 0 Å². The highest BCUT2D eigenvalue weighted by Gasteiger charge is 2.07. The molecule has 0 aliphatic heterocycles. The van der Waals surface area contributed by atoms with Crippen LogP contribution in [0.3, 0.4) is 0 Å². The van der Waals surface area contributed by atoms with E-state index < -0.39 is 16.2 Å². The maximum Gasteiger partial charge on any atom is 0.269 e. The molecule has 14 heavy (non-hydrogen) atoms. The zero-order valence-corrected chi connectivity index (χ0v) is 9.03. The van der Waals surface area contributed by atoms with E-state index in [1.54, 1.807) is 0 Å². The van der Waals surface area contributed by atoms with Crippen LogP contribution in [-0.2, 0) is 14.3 Å². The van der Waals surface area contributed by atoms with E-state index in [0.717, 1.165) is 0 Å². The zero-order chi connectivity index (χ0) is 11.2. The van der Waals surface area contributed by atoms with Gasteiger partial charge in [0.05, 0.1) is 12.4 Å². The van der Waals surface area contributed by atoms with E-state index in [4.69, 9.17) is 0 Å². The normalized spacial score (nSPS) is 11.4. The van der Waals surface area contributed by atoms with Crippen molar-refractivity contribution in [1.29, 1.82) is 0 Å². The number of hydrogen-bond donors (Lipinski definition) is 0. The van der Waals surface area contributed by atoms with Gasteiger partial charge >= 0.3 is 0 Å². The number of hydrogen-bond acceptors (Lipinski definition) is 3. The van der Waals surface area contributed by atoms with E-state index in [0.29, 0.717) is 0 Å². The Labute approximate surface area is 82.9 Å². The van der Waals surface area contributed by atoms with Gasteiger partial charge in [0.2, 0.25) is 0 Å². The highest BCUT2D eigenvalue weighted by atomic mass is 32.2. The highest BCUT2D eigenvalue weighted by Crippen LogP contribution is 2.12. The average Bonchev–Trinajstić information content (AvgIpc) is 2.12. The van der Waals surface area contributed by atoms with E-state index in [1.165, 1.54) is 13.8 Å². The van der Waals surface area contributed by atoms with Gasteiger partial charge in [0, 0.05) is 0 Å². The molecule has 84 valence electrons. The second-order valence-electron chi connectivity index (χ2n) is 2.81. The Kier molecular flexibility index (Phi) is 5.87. The van der Waals surface area contributed by atoms with Crippen LogP contribution in [0.5, 0.6) is 0 Å². The minimum absolute atomic E-state index is 0.0255. The lowest BCUT2D eigenvalue weighted by Crippen LogP contribution is -2.09. The van der Waals surface area contributed by atoms with Gasteiger partial charge in [-0.3, -0.25) is 4.18 Å². The Morgan fingerprint density at radius 2 is 1.93 bits per heavy atom. The van der Waals surface area contributed by atoms with Crippen molar-refractivity contribution in [3.8, 4) is 0 Å². The van der Waals surface area contributed by atoms with Gasteiger partial charge in [-0.15, -0.1) is 0 Å². The minimum atomic E-state index is -3.44. The van der Waals surface area contributed by atoms with Gasteiger partial charge in [-0.05, 0) is 32.3 Å². The summed E-state index contributed by atoms with van der Waals surface area (Å²) in [5.74, 6) is -0.0979. The van der Waals surface area contributed by atoms with Crippen molar-refractivity contribution in [2.75, 3.05) is 12.4 Å². The molecule has 0 atom stereocenters. The second-order valence-corrected chi connectivity index (χ2v) is 4.74. The van der Waals surface area contributed by atoms with Crippen LogP contribution in [0.1, 0.15) is 26.7 Å². The van der Waals surface area contributed by atoms with Gasteiger partial charge in [-0.1, -0.05) is 0 Å². The summed E-state index contributed by atoms with van der Waals surface area (Å²) in [4.78, 5) is 0. The Balaban J connectivity index is 3.74. The maximum atomic E-state index is 11.9. The number of halogens is 2. The summed E-state index contributed by atoms with van der Waals surface area (Å²) < 4.78 is 49.9. The number of allylic oxidation sites excluding steroid dienone is 1. The van der Waals surface area contributed by atoms with E-state index in [9.17, 15) is 17.2 Å². The van der Waals surface area contributed by atoms with Crippen molar-refractivity contribution in [3.05, 3.63) is 11.7 Å². The molecule has 0 saturated heterocycles. The van der Waals surface area contributed by atoms with Gasteiger partial charge in [0.15, 0.2) is 0 Å². The van der Waals surface area contributed by atoms with Gasteiger partial charge in [0.1, 0.15) is 0 Å². The molecule has 0 aliphatic rings. The lowest BCUT2D eigenvalue weighted by Gasteiger charge is -2.02. The van der Waals surface area contributed by atoms with E-state index in [2.05, 4.69) is 4.18 Å². The molecule has 0 aromatic rings. The molecule has 3 nitrogen and oxygen atoms in total. The molecular weight excluding hydrogens is 214 g/mol. The summed E-state index contributed by atoms with van der Waals surface area (Å²) in [6.45, 7) is 2.73. The first-order chi connectivity index (χ1) is 6.39. The summed E-state index contributed by atoms with van der Waals surface area (Å²) in [5, 5.41) is 0. The molecule has 0 aliphatic carbocycles. The Morgan fingerprint density at radius 3 is 2.36 bits per heavy atom. The first-order valence-electron chi connectivity index (χ1n) is 4.27. The SMILES string of the molecule is CCS(=O)(=O)OCCCC(C)=C(F)F. The fraction of sp³-hybridized carbons (Fsp3) is 0.750. The quantitative estimate of drug-likeness (QED) is 0.517. The predicted octanol–water partition coefficient (Wildman–Crippen LogP) is 2.30. The van der Waals surface area contributed by atoms with Crippen LogP contribution in [0.15, 0.2) is 11.7 Å². The smallest absolute Gasteiger partial charge is 0.269 e. The van der Waals surface area contributed by atoms with Crippen LogP contribution in [0, 0.1) is 0 Å². The van der Waals surface area contributed by atoms with Gasteiger partial charge < -0.3 is 0 Å². The summed E-state index contributed by atoms with van der Waals surface area (Å²) in [5.41, 5.74) is -0.0255. The molecular formula is C8H14F2O3S. The fourth-order valence-electron chi connectivity index (χ4n) is 0.701. The van der Waals surface area contributed by atoms with Crippen LogP contribution in [0.4, 0.5) is 8.78 Å². The number of rotatable bonds is 6. The van der Waals surface area contributed by atoms with Gasteiger partial charge in [-0.2, -0.15) is 17.2 Å². The molecule has 0 fully saturated rings. The zero-order valence-electron chi connectivity index (χ0n) is 8.22. The fourth-order valence-corrected chi connectivity index (χ4v) is 1.24. The second kappa shape index (κ2) is 6.08. The van der Waals surface area contributed by atoms with Crippen molar-refractivity contribution in [2.24, 2.45) is 0 Å². The monoisotopic (exact) mass is 228 g/mol. The lowest BCUT2D eigenvalue weighted by molar-refractivity contribution is 0.311. The largest absolute Gasteiger partial charge is 0.270 e. The van der Waals surface area contributed by atoms with Crippen molar-refractivity contribution >= 4 is 10.1 Å². The van der Waals surface area contributed by atoms with E-state index in [-0.39, 0.29) is 30.8 Å². The van der Waals surface area contributed by atoms with Crippen LogP contribution in [-0.4, -0.2) is 20.8 Å². The average molecular weight is 228 g/mol. The van der Waals surface area contributed by atoms with Gasteiger partial charge in [0.25, 0.3) is 16.2 Å². The summed E-state index contributed by atoms with van der Waals surface area (Å²) in [7, 11) is -3.44. The predicted molar refractivity (Wildman–Crippen MR) is 49.6 cm³/mol. The van der Waals surface area contributed by atoms with Crippen molar-refractivity contribution in [2.45, 2.75) is 26.7 Å². The first-order valence-corrected chi connectivity index (χ1v) is 5.84. The molecule has 6 heteroatoms. The van der Waals surface area contributed by atoms with E-state index >= 15 is 0 Å². The summed E-state index contributed by atoms with van der Waals surface area (Å²) >= 11 is 0. The summed E-state index contributed by atoms with van der Waals surface area (Å²) in [6, 6.07) is 0. The minimum Gasteiger partial charge on any atom is -0.270 e. The lowest BCUT2D eigenvalue weighted by atomic mass is 10.2. The van der Waals surface area contributed by atoms with E-state index in [1.807, 2.05) is 0 Å². The molecule has 0 aromatic heterocycles. The Bertz CT molecular complexity index is 292. The Hall–Kier alpha value is -0.490. The van der Waals surface area contributed by atoms with Crippen LogP contribution < -0.4 is 0 Å². The summed E-state index contributed by atoms with van der Waals surface area (Å²) in [6.07, 6.45) is -1.27. The molecule has 0 N–H and O–H groups in total. The Morgan fingerprint density at radius 1 is 1.36 bits per heavy atom. The van der Waals surface area contributed by atoms with Crippen molar-refractivity contribution in [1.82, 2.24) is 0 Å². The maximum absolute atomic E-state index is 11.9. The van der Waals surface area contributed by atoms with Gasteiger partial charge in [-0.25, -0.2) is 0 Å².